The van der Waals surface area contributed by atoms with Gasteiger partial charge in [-0.25, -0.2) is 10.0 Å². The van der Waals surface area contributed by atoms with Gasteiger partial charge in [-0.05, 0) is 30.3 Å². The second-order valence-electron chi connectivity index (χ2n) is 3.91. The van der Waals surface area contributed by atoms with Crippen LogP contribution in [0.3, 0.4) is 0 Å². The number of anilines is 1. The van der Waals surface area contributed by atoms with Gasteiger partial charge in [-0.1, -0.05) is 11.6 Å². The number of hydrogen-bond acceptors (Lipinski definition) is 4. The van der Waals surface area contributed by atoms with E-state index < -0.39 is 0 Å². The van der Waals surface area contributed by atoms with E-state index in [2.05, 4.69) is 11.1 Å². The van der Waals surface area contributed by atoms with E-state index in [1.54, 1.807) is 12.1 Å². The van der Waals surface area contributed by atoms with Crippen LogP contribution in [0.25, 0.3) is 0 Å². The zero-order chi connectivity index (χ0) is 12.5. The van der Waals surface area contributed by atoms with Crippen molar-refractivity contribution in [3.63, 3.8) is 0 Å². The summed E-state index contributed by atoms with van der Waals surface area (Å²) in [6.07, 6.45) is 5.53. The molecule has 0 saturated heterocycles. The van der Waals surface area contributed by atoms with Gasteiger partial charge in [-0.3, -0.25) is 5.01 Å². The quantitative estimate of drug-likeness (QED) is 0.776. The van der Waals surface area contributed by atoms with E-state index in [-0.39, 0.29) is 0 Å². The summed E-state index contributed by atoms with van der Waals surface area (Å²) in [5.41, 5.74) is 1.64. The molecule has 5 heteroatoms. The fraction of sp³-hybridized carbons (Fsp3) is 0.0769. The van der Waals surface area contributed by atoms with Crippen molar-refractivity contribution in [2.24, 2.45) is 4.99 Å². The summed E-state index contributed by atoms with van der Waals surface area (Å²) in [7, 11) is 0. The fourth-order valence-electron chi connectivity index (χ4n) is 1.90. The lowest BCUT2D eigenvalue weighted by Crippen LogP contribution is -2.37. The van der Waals surface area contributed by atoms with Gasteiger partial charge in [-0.2, -0.15) is 5.26 Å². The van der Waals surface area contributed by atoms with Crippen LogP contribution in [0.5, 0.6) is 0 Å². The van der Waals surface area contributed by atoms with Gasteiger partial charge in [0, 0.05) is 17.3 Å². The molecule has 2 aliphatic heterocycles. The maximum absolute atomic E-state index is 8.78. The fourth-order valence-corrected chi connectivity index (χ4v) is 2.05. The maximum atomic E-state index is 8.78. The molecule has 0 aliphatic carbocycles. The number of hydrazine groups is 1. The molecular weight excluding hydrogens is 248 g/mol. The van der Waals surface area contributed by atoms with Crippen LogP contribution in [0, 0.1) is 11.3 Å². The van der Waals surface area contributed by atoms with Crippen LogP contribution in [-0.2, 0) is 0 Å². The zero-order valence-electron chi connectivity index (χ0n) is 9.42. The van der Waals surface area contributed by atoms with Crippen LogP contribution >= 0.6 is 11.6 Å². The summed E-state index contributed by atoms with van der Waals surface area (Å²) in [6.45, 7) is 0.548. The van der Waals surface area contributed by atoms with Crippen molar-refractivity contribution < 1.29 is 0 Å². The van der Waals surface area contributed by atoms with Crippen molar-refractivity contribution in [2.75, 3.05) is 11.7 Å². The average molecular weight is 257 g/mol. The van der Waals surface area contributed by atoms with Gasteiger partial charge in [0.2, 0.25) is 0 Å². The highest BCUT2D eigenvalue weighted by Crippen LogP contribution is 2.25. The number of rotatable bonds is 1. The van der Waals surface area contributed by atoms with Crippen molar-refractivity contribution in [3.05, 3.63) is 53.2 Å². The second-order valence-corrected chi connectivity index (χ2v) is 4.34. The number of amidine groups is 1. The van der Waals surface area contributed by atoms with E-state index >= 15 is 0 Å². The van der Waals surface area contributed by atoms with Gasteiger partial charge < -0.3 is 0 Å². The van der Waals surface area contributed by atoms with Crippen molar-refractivity contribution >= 4 is 23.1 Å². The zero-order valence-corrected chi connectivity index (χ0v) is 10.2. The maximum Gasteiger partial charge on any atom is 0.150 e. The second kappa shape index (κ2) is 4.21. The molecule has 0 bridgehead atoms. The molecule has 3 rings (SSSR count). The Balaban J connectivity index is 1.88. The minimum Gasteiger partial charge on any atom is -0.258 e. The first-order chi connectivity index (χ1) is 8.78. The SMILES string of the molecule is N#Cc1ccc(N2CN=C3C=C(Cl)C=CN32)cc1. The molecule has 0 unspecified atom stereocenters. The smallest absolute Gasteiger partial charge is 0.150 e. The molecule has 0 fully saturated rings. The molecule has 1 aromatic carbocycles. The van der Waals surface area contributed by atoms with Gasteiger partial charge in [-0.15, -0.1) is 0 Å². The minimum atomic E-state index is 0.548. The highest BCUT2D eigenvalue weighted by molar-refractivity contribution is 6.33. The largest absolute Gasteiger partial charge is 0.258 e. The van der Waals surface area contributed by atoms with Gasteiger partial charge >= 0.3 is 0 Å². The summed E-state index contributed by atoms with van der Waals surface area (Å²) in [5, 5.41) is 13.4. The first-order valence-electron chi connectivity index (χ1n) is 5.44. The van der Waals surface area contributed by atoms with Crippen LogP contribution in [-0.4, -0.2) is 17.5 Å². The molecule has 0 atom stereocenters. The molecule has 0 aromatic heterocycles. The number of nitrogens with zero attached hydrogens (tertiary/aromatic N) is 4. The molecular formula is C13H9ClN4. The van der Waals surface area contributed by atoms with E-state index in [1.165, 1.54) is 0 Å². The van der Waals surface area contributed by atoms with E-state index in [1.807, 2.05) is 40.5 Å². The molecule has 2 heterocycles. The van der Waals surface area contributed by atoms with Crippen LogP contribution in [0.4, 0.5) is 5.69 Å². The molecule has 88 valence electrons. The monoisotopic (exact) mass is 256 g/mol. The summed E-state index contributed by atoms with van der Waals surface area (Å²) in [6, 6.07) is 9.51. The molecule has 0 spiro atoms. The molecule has 4 nitrogen and oxygen atoms in total. The van der Waals surface area contributed by atoms with Gasteiger partial charge in [0.1, 0.15) is 12.5 Å². The number of hydrogen-bond donors (Lipinski definition) is 0. The van der Waals surface area contributed by atoms with Crippen LogP contribution < -0.4 is 5.01 Å². The van der Waals surface area contributed by atoms with Crippen LogP contribution in [0.1, 0.15) is 5.56 Å². The third-order valence-electron chi connectivity index (χ3n) is 2.80. The molecule has 0 amide bonds. The lowest BCUT2D eigenvalue weighted by molar-refractivity contribution is 0.545. The van der Waals surface area contributed by atoms with Gasteiger partial charge in [0.25, 0.3) is 0 Å². The van der Waals surface area contributed by atoms with E-state index in [9.17, 15) is 0 Å². The molecule has 18 heavy (non-hydrogen) atoms. The third kappa shape index (κ3) is 1.75. The lowest BCUT2D eigenvalue weighted by Gasteiger charge is -2.29. The Hall–Kier alpha value is -2.25. The molecule has 1 aromatic rings. The van der Waals surface area contributed by atoms with E-state index in [0.717, 1.165) is 11.5 Å². The number of nitriles is 1. The van der Waals surface area contributed by atoms with Crippen molar-refractivity contribution in [2.45, 2.75) is 0 Å². The van der Waals surface area contributed by atoms with Gasteiger partial charge in [0.15, 0.2) is 0 Å². The number of allylic oxidation sites excluding steroid dienone is 2. The summed E-state index contributed by atoms with van der Waals surface area (Å²) < 4.78 is 0. The first-order valence-corrected chi connectivity index (χ1v) is 5.82. The summed E-state index contributed by atoms with van der Waals surface area (Å²) in [4.78, 5) is 4.40. The minimum absolute atomic E-state index is 0.548. The Kier molecular flexibility index (Phi) is 2.54. The normalized spacial score (nSPS) is 17.1. The standard InChI is InChI=1S/C13H9ClN4/c14-11-5-6-17-13(7-11)16-9-18(17)12-3-1-10(8-15)2-4-12/h1-7H,9H2. The molecule has 2 aliphatic rings. The third-order valence-corrected chi connectivity index (χ3v) is 3.03. The van der Waals surface area contributed by atoms with Crippen molar-refractivity contribution in [1.82, 2.24) is 5.01 Å². The van der Waals surface area contributed by atoms with Crippen molar-refractivity contribution in [1.29, 1.82) is 5.26 Å². The molecule has 0 N–H and O–H groups in total. The lowest BCUT2D eigenvalue weighted by atomic mass is 10.2. The Morgan fingerprint density at radius 3 is 2.78 bits per heavy atom. The predicted octanol–water partition coefficient (Wildman–Crippen LogP) is 2.60. The average Bonchev–Trinajstić information content (AvgIpc) is 2.81. The van der Waals surface area contributed by atoms with E-state index in [4.69, 9.17) is 16.9 Å². The van der Waals surface area contributed by atoms with Crippen LogP contribution in [0.2, 0.25) is 0 Å². The van der Waals surface area contributed by atoms with Crippen molar-refractivity contribution in [3.8, 4) is 6.07 Å². The Labute approximate surface area is 110 Å². The number of fused-ring (bicyclic) bond motifs is 1. The first kappa shape index (κ1) is 10.9. The van der Waals surface area contributed by atoms with E-state index in [0.29, 0.717) is 17.3 Å². The summed E-state index contributed by atoms with van der Waals surface area (Å²) >= 11 is 5.93. The van der Waals surface area contributed by atoms with Crippen LogP contribution in [0.15, 0.2) is 52.6 Å². The highest BCUT2D eigenvalue weighted by atomic mass is 35.5. The highest BCUT2D eigenvalue weighted by Gasteiger charge is 2.24. The Morgan fingerprint density at radius 2 is 2.06 bits per heavy atom. The number of aliphatic imine (C=N–C) groups is 1. The molecule has 0 radical (unpaired) electrons. The summed E-state index contributed by atoms with van der Waals surface area (Å²) in [5.74, 6) is 0.826. The molecule has 0 saturated carbocycles. The topological polar surface area (TPSA) is 42.6 Å². The van der Waals surface area contributed by atoms with Gasteiger partial charge in [0.05, 0.1) is 17.3 Å². The number of halogens is 1. The number of benzene rings is 1. The Morgan fingerprint density at radius 1 is 1.28 bits per heavy atom. The Bertz CT molecular complexity index is 607. The predicted molar refractivity (Wildman–Crippen MR) is 70.9 cm³/mol.